The molecule has 0 unspecified atom stereocenters. The van der Waals surface area contributed by atoms with Crippen LogP contribution in [-0.2, 0) is 14.3 Å². The van der Waals surface area contributed by atoms with E-state index in [4.69, 9.17) is 14.5 Å². The van der Waals surface area contributed by atoms with Gasteiger partial charge in [0.2, 0.25) is 11.9 Å². The van der Waals surface area contributed by atoms with Crippen LogP contribution >= 0.6 is 0 Å². The summed E-state index contributed by atoms with van der Waals surface area (Å²) in [5.41, 5.74) is 2.42. The number of unbranched alkanes of at least 4 members (excludes halogenated alkanes) is 2. The molecule has 3 aromatic rings. The number of ether oxygens (including phenoxy) is 2. The number of hydrogen-bond donors (Lipinski definition) is 0. The third-order valence-electron chi connectivity index (χ3n) is 6.01. The number of hydrogen-bond acceptors (Lipinski definition) is 5. The number of nitrogens with zero attached hydrogens (tertiary/aromatic N) is 3. The standard InChI is InChI=1S/C26H31N3O4/c1-4-7-12-17-28-24(30)22(25(31)33-6-3)23(18-13-8-11-16-21(18)32-5-2)29-20-15-10-9-14-19(20)27-26(28)29/h8-11,13-16,22-23H,4-7,12,17H2,1-3H3/t22-,23-/m1/s1. The normalized spacial score (nSPS) is 17.8. The lowest BCUT2D eigenvalue weighted by Crippen LogP contribution is -2.50. The maximum absolute atomic E-state index is 13.9. The summed E-state index contributed by atoms with van der Waals surface area (Å²) in [5, 5.41) is 0. The summed E-state index contributed by atoms with van der Waals surface area (Å²) in [6, 6.07) is 14.7. The predicted molar refractivity (Wildman–Crippen MR) is 127 cm³/mol. The molecule has 2 atom stereocenters. The summed E-state index contributed by atoms with van der Waals surface area (Å²) < 4.78 is 13.3. The fraction of sp³-hybridized carbons (Fsp3) is 0.423. The average Bonchev–Trinajstić information content (AvgIpc) is 3.20. The van der Waals surface area contributed by atoms with Gasteiger partial charge in [0.1, 0.15) is 5.75 Å². The van der Waals surface area contributed by atoms with Crippen LogP contribution in [0.4, 0.5) is 5.95 Å². The van der Waals surface area contributed by atoms with Gasteiger partial charge in [0.05, 0.1) is 30.3 Å². The molecule has 0 fully saturated rings. The van der Waals surface area contributed by atoms with Crippen molar-refractivity contribution < 1.29 is 19.1 Å². The average molecular weight is 450 g/mol. The molecule has 1 aliphatic rings. The summed E-state index contributed by atoms with van der Waals surface area (Å²) >= 11 is 0. The monoisotopic (exact) mass is 449 g/mol. The van der Waals surface area contributed by atoms with Gasteiger partial charge >= 0.3 is 5.97 Å². The van der Waals surface area contributed by atoms with Crippen molar-refractivity contribution in [1.82, 2.24) is 9.55 Å². The van der Waals surface area contributed by atoms with Crippen LogP contribution < -0.4 is 9.64 Å². The zero-order valence-corrected chi connectivity index (χ0v) is 19.5. The highest BCUT2D eigenvalue weighted by atomic mass is 16.5. The zero-order valence-electron chi connectivity index (χ0n) is 19.5. The number of esters is 1. The van der Waals surface area contributed by atoms with Gasteiger partial charge in [-0.3, -0.25) is 14.5 Å². The van der Waals surface area contributed by atoms with E-state index in [0.717, 1.165) is 35.9 Å². The molecular weight excluding hydrogens is 418 g/mol. The summed E-state index contributed by atoms with van der Waals surface area (Å²) in [6.45, 7) is 6.98. The lowest BCUT2D eigenvalue weighted by atomic mass is 9.88. The lowest BCUT2D eigenvalue weighted by Gasteiger charge is -2.38. The van der Waals surface area contributed by atoms with Crippen molar-refractivity contribution in [2.75, 3.05) is 24.7 Å². The van der Waals surface area contributed by atoms with Gasteiger partial charge in [0.15, 0.2) is 5.92 Å². The van der Waals surface area contributed by atoms with Crippen LogP contribution in [0.1, 0.15) is 51.6 Å². The van der Waals surface area contributed by atoms with E-state index in [1.807, 2.05) is 60.0 Å². The van der Waals surface area contributed by atoms with E-state index < -0.39 is 17.9 Å². The molecule has 4 rings (SSSR count). The van der Waals surface area contributed by atoms with Gasteiger partial charge in [0, 0.05) is 12.1 Å². The van der Waals surface area contributed by atoms with E-state index in [0.29, 0.717) is 24.8 Å². The van der Waals surface area contributed by atoms with E-state index in [-0.39, 0.29) is 12.5 Å². The number of amides is 1. The third kappa shape index (κ3) is 4.19. The number of benzene rings is 2. The Balaban J connectivity index is 1.96. The van der Waals surface area contributed by atoms with E-state index in [9.17, 15) is 9.59 Å². The molecule has 1 aromatic heterocycles. The Kier molecular flexibility index (Phi) is 6.96. The first-order valence-corrected chi connectivity index (χ1v) is 11.8. The first-order valence-electron chi connectivity index (χ1n) is 11.8. The molecule has 0 saturated heterocycles. The Labute approximate surface area is 194 Å². The van der Waals surface area contributed by atoms with E-state index in [2.05, 4.69) is 6.92 Å². The Hall–Kier alpha value is -3.35. The lowest BCUT2D eigenvalue weighted by molar-refractivity contribution is -0.153. The smallest absolute Gasteiger partial charge is 0.321 e. The highest BCUT2D eigenvalue weighted by Crippen LogP contribution is 2.43. The van der Waals surface area contributed by atoms with Gasteiger partial charge in [-0.15, -0.1) is 0 Å². The highest BCUT2D eigenvalue weighted by molar-refractivity contribution is 6.08. The van der Waals surface area contributed by atoms with E-state index in [1.54, 1.807) is 11.8 Å². The molecule has 2 aromatic carbocycles. The molecular formula is C26H31N3O4. The molecule has 7 nitrogen and oxygen atoms in total. The Morgan fingerprint density at radius 1 is 1.00 bits per heavy atom. The van der Waals surface area contributed by atoms with Crippen LogP contribution in [0.2, 0.25) is 0 Å². The van der Waals surface area contributed by atoms with Gasteiger partial charge in [-0.25, -0.2) is 4.98 Å². The quantitative estimate of drug-likeness (QED) is 0.268. The first-order chi connectivity index (χ1) is 16.1. The van der Waals surface area contributed by atoms with Crippen molar-refractivity contribution in [2.45, 2.75) is 46.1 Å². The first kappa shape index (κ1) is 22.8. The molecule has 1 aliphatic heterocycles. The summed E-state index contributed by atoms with van der Waals surface area (Å²) in [4.78, 5) is 33.6. The maximum atomic E-state index is 13.9. The molecule has 7 heteroatoms. The third-order valence-corrected chi connectivity index (χ3v) is 6.01. The van der Waals surface area contributed by atoms with Crippen molar-refractivity contribution in [3.05, 3.63) is 54.1 Å². The summed E-state index contributed by atoms with van der Waals surface area (Å²) in [5.74, 6) is -0.617. The van der Waals surface area contributed by atoms with Crippen molar-refractivity contribution >= 4 is 28.9 Å². The number of carbonyl (C=O) groups excluding carboxylic acids is 2. The maximum Gasteiger partial charge on any atom is 0.321 e. The number of carbonyl (C=O) groups is 2. The minimum absolute atomic E-state index is 0.204. The highest BCUT2D eigenvalue weighted by Gasteiger charge is 2.48. The van der Waals surface area contributed by atoms with Crippen LogP contribution in [-0.4, -0.2) is 41.2 Å². The molecule has 33 heavy (non-hydrogen) atoms. The number of imidazole rings is 1. The summed E-state index contributed by atoms with van der Waals surface area (Å²) in [6.07, 6.45) is 2.86. The zero-order chi connectivity index (χ0) is 23.4. The van der Waals surface area contributed by atoms with Crippen molar-refractivity contribution in [3.8, 4) is 5.75 Å². The second-order valence-corrected chi connectivity index (χ2v) is 8.11. The van der Waals surface area contributed by atoms with Gasteiger partial charge in [-0.2, -0.15) is 0 Å². The van der Waals surface area contributed by atoms with Gasteiger partial charge in [-0.05, 0) is 38.5 Å². The minimum Gasteiger partial charge on any atom is -0.494 e. The van der Waals surface area contributed by atoms with E-state index in [1.165, 1.54) is 0 Å². The molecule has 0 saturated carbocycles. The molecule has 0 spiro atoms. The van der Waals surface area contributed by atoms with Gasteiger partial charge in [0.25, 0.3) is 0 Å². The van der Waals surface area contributed by atoms with Gasteiger partial charge < -0.3 is 14.0 Å². The van der Waals surface area contributed by atoms with Crippen LogP contribution in [0.15, 0.2) is 48.5 Å². The molecule has 0 N–H and O–H groups in total. The molecule has 0 bridgehead atoms. The van der Waals surface area contributed by atoms with Crippen molar-refractivity contribution in [1.29, 1.82) is 0 Å². The van der Waals surface area contributed by atoms with Crippen molar-refractivity contribution in [3.63, 3.8) is 0 Å². The van der Waals surface area contributed by atoms with Crippen LogP contribution in [0.5, 0.6) is 5.75 Å². The molecule has 0 aliphatic carbocycles. The second kappa shape index (κ2) is 10.1. The van der Waals surface area contributed by atoms with Crippen LogP contribution in [0, 0.1) is 5.92 Å². The predicted octanol–water partition coefficient (Wildman–Crippen LogP) is 4.74. The Morgan fingerprint density at radius 3 is 2.52 bits per heavy atom. The number of aromatic nitrogens is 2. The van der Waals surface area contributed by atoms with Gasteiger partial charge in [-0.1, -0.05) is 50.1 Å². The Bertz CT molecular complexity index is 1140. The van der Waals surface area contributed by atoms with Crippen molar-refractivity contribution in [2.24, 2.45) is 5.92 Å². The van der Waals surface area contributed by atoms with E-state index >= 15 is 0 Å². The summed E-state index contributed by atoms with van der Waals surface area (Å²) in [7, 11) is 0. The fourth-order valence-electron chi connectivity index (χ4n) is 4.57. The number of para-hydroxylation sites is 3. The largest absolute Gasteiger partial charge is 0.494 e. The topological polar surface area (TPSA) is 73.7 Å². The molecule has 0 radical (unpaired) electrons. The number of fused-ring (bicyclic) bond motifs is 3. The molecule has 2 heterocycles. The molecule has 1 amide bonds. The second-order valence-electron chi connectivity index (χ2n) is 8.11. The molecule has 174 valence electrons. The number of rotatable bonds is 9. The Morgan fingerprint density at radius 2 is 1.76 bits per heavy atom. The number of anilines is 1. The fourth-order valence-corrected chi connectivity index (χ4v) is 4.57. The van der Waals surface area contributed by atoms with Crippen LogP contribution in [0.3, 0.4) is 0 Å². The SMILES string of the molecule is CCCCCN1C(=O)[C@H](C(=O)OCC)[C@@H](c2ccccc2OCC)n2c1nc1ccccc12. The van der Waals surface area contributed by atoms with Crippen LogP contribution in [0.25, 0.3) is 11.0 Å². The minimum atomic E-state index is -1.03.